The van der Waals surface area contributed by atoms with E-state index in [4.69, 9.17) is 5.11 Å². The first-order valence-corrected chi connectivity index (χ1v) is 4.36. The number of ether oxygens (including phenoxy) is 1. The Morgan fingerprint density at radius 2 is 2.36 bits per heavy atom. The molecule has 5 nitrogen and oxygen atoms in total. The summed E-state index contributed by atoms with van der Waals surface area (Å²) < 4.78 is 4.64. The lowest BCUT2D eigenvalue weighted by Crippen LogP contribution is -2.34. The molecule has 0 bridgehead atoms. The largest absolute Gasteiger partial charge is 0.460 e. The minimum absolute atomic E-state index is 0.0374. The van der Waals surface area contributed by atoms with Gasteiger partial charge in [0, 0.05) is 19.2 Å². The smallest absolute Gasteiger partial charge is 0.330 e. The fraction of sp³-hybridized carbons (Fsp3) is 0.667. The molecule has 0 radical (unpaired) electrons. The predicted octanol–water partition coefficient (Wildman–Crippen LogP) is -0.999. The van der Waals surface area contributed by atoms with E-state index in [0.29, 0.717) is 13.1 Å². The Kier molecular flexibility index (Phi) is 7.00. The Balaban J connectivity index is 3.58. The van der Waals surface area contributed by atoms with Gasteiger partial charge in [0.2, 0.25) is 0 Å². The molecule has 5 heteroatoms. The summed E-state index contributed by atoms with van der Waals surface area (Å²) in [7, 11) is 1.76. The van der Waals surface area contributed by atoms with Crippen LogP contribution < -0.4 is 0 Å². The van der Waals surface area contributed by atoms with E-state index in [2.05, 4.69) is 11.3 Å². The summed E-state index contributed by atoms with van der Waals surface area (Å²) >= 11 is 0. The van der Waals surface area contributed by atoms with Crippen molar-refractivity contribution in [1.29, 1.82) is 0 Å². The van der Waals surface area contributed by atoms with E-state index in [1.807, 2.05) is 0 Å². The fourth-order valence-electron chi connectivity index (χ4n) is 0.912. The quantitative estimate of drug-likeness (QED) is 0.410. The van der Waals surface area contributed by atoms with Crippen LogP contribution in [0, 0.1) is 0 Å². The van der Waals surface area contributed by atoms with Gasteiger partial charge in [-0.3, -0.25) is 0 Å². The van der Waals surface area contributed by atoms with Crippen molar-refractivity contribution in [2.24, 2.45) is 0 Å². The highest BCUT2D eigenvalue weighted by Gasteiger charge is 2.09. The van der Waals surface area contributed by atoms with Crippen molar-refractivity contribution < 1.29 is 19.7 Å². The van der Waals surface area contributed by atoms with Gasteiger partial charge in [-0.1, -0.05) is 6.58 Å². The van der Waals surface area contributed by atoms with Crippen LogP contribution in [0.4, 0.5) is 0 Å². The molecule has 0 rings (SSSR count). The molecular weight excluding hydrogens is 186 g/mol. The molecule has 1 atom stereocenters. The molecule has 0 amide bonds. The molecule has 0 saturated carbocycles. The Bertz CT molecular complexity index is 184. The number of aliphatic hydroxyl groups excluding tert-OH is 2. The maximum absolute atomic E-state index is 10.6. The van der Waals surface area contributed by atoms with Crippen molar-refractivity contribution in [2.45, 2.75) is 6.10 Å². The van der Waals surface area contributed by atoms with Gasteiger partial charge in [0.1, 0.15) is 12.7 Å². The van der Waals surface area contributed by atoms with Crippen molar-refractivity contribution in [2.75, 3.05) is 33.4 Å². The molecule has 0 aromatic carbocycles. The lowest BCUT2D eigenvalue weighted by molar-refractivity contribution is -0.140. The fourth-order valence-corrected chi connectivity index (χ4v) is 0.912. The van der Waals surface area contributed by atoms with Crippen molar-refractivity contribution >= 4 is 5.97 Å². The van der Waals surface area contributed by atoms with E-state index in [1.165, 1.54) is 0 Å². The molecule has 0 saturated heterocycles. The number of carbonyl (C=O) groups excluding carboxylic acids is 1. The molecule has 0 aromatic rings. The predicted molar refractivity (Wildman–Crippen MR) is 51.7 cm³/mol. The van der Waals surface area contributed by atoms with Crippen molar-refractivity contribution in [3.8, 4) is 0 Å². The van der Waals surface area contributed by atoms with E-state index in [9.17, 15) is 9.90 Å². The number of hydrogen-bond donors (Lipinski definition) is 2. The maximum atomic E-state index is 10.6. The van der Waals surface area contributed by atoms with Crippen molar-refractivity contribution in [3.63, 3.8) is 0 Å². The number of aliphatic hydroxyl groups is 2. The standard InChI is InChI=1S/C9H17NO4/c1-3-9(13)14-7-8(12)6-10(2)4-5-11/h3,8,11-12H,1,4-7H2,2H3. The summed E-state index contributed by atoms with van der Waals surface area (Å²) in [4.78, 5) is 12.4. The molecule has 14 heavy (non-hydrogen) atoms. The van der Waals surface area contributed by atoms with Gasteiger partial charge in [-0.15, -0.1) is 0 Å². The van der Waals surface area contributed by atoms with Crippen LogP contribution in [0.1, 0.15) is 0 Å². The van der Waals surface area contributed by atoms with E-state index in [1.54, 1.807) is 11.9 Å². The Hall–Kier alpha value is -0.910. The van der Waals surface area contributed by atoms with Crippen LogP contribution in [0.15, 0.2) is 12.7 Å². The van der Waals surface area contributed by atoms with Crippen LogP contribution in [0.25, 0.3) is 0 Å². The zero-order chi connectivity index (χ0) is 11.0. The van der Waals surface area contributed by atoms with E-state index in [0.717, 1.165) is 6.08 Å². The molecule has 0 aliphatic rings. The van der Waals surface area contributed by atoms with Gasteiger partial charge in [0.15, 0.2) is 0 Å². The third-order valence-electron chi connectivity index (χ3n) is 1.59. The lowest BCUT2D eigenvalue weighted by atomic mass is 10.3. The van der Waals surface area contributed by atoms with Crippen LogP contribution in [-0.2, 0) is 9.53 Å². The summed E-state index contributed by atoms with van der Waals surface area (Å²) in [6.45, 7) is 4.04. The number of nitrogens with zero attached hydrogens (tertiary/aromatic N) is 1. The molecule has 0 aliphatic carbocycles. The van der Waals surface area contributed by atoms with E-state index < -0.39 is 12.1 Å². The Morgan fingerprint density at radius 3 is 2.86 bits per heavy atom. The number of carbonyl (C=O) groups is 1. The highest BCUT2D eigenvalue weighted by molar-refractivity contribution is 5.81. The minimum atomic E-state index is -0.740. The highest BCUT2D eigenvalue weighted by atomic mass is 16.5. The summed E-state index contributed by atoms with van der Waals surface area (Å²) in [6.07, 6.45) is 0.305. The third kappa shape index (κ3) is 6.59. The lowest BCUT2D eigenvalue weighted by Gasteiger charge is -2.18. The monoisotopic (exact) mass is 203 g/mol. The van der Waals surface area contributed by atoms with Gasteiger partial charge in [-0.25, -0.2) is 4.79 Å². The maximum Gasteiger partial charge on any atom is 0.330 e. The zero-order valence-corrected chi connectivity index (χ0v) is 8.35. The van der Waals surface area contributed by atoms with E-state index in [-0.39, 0.29) is 13.2 Å². The Morgan fingerprint density at radius 1 is 1.71 bits per heavy atom. The van der Waals surface area contributed by atoms with Crippen molar-refractivity contribution in [1.82, 2.24) is 4.90 Å². The SMILES string of the molecule is C=CC(=O)OCC(O)CN(C)CCO. The topological polar surface area (TPSA) is 70.0 Å². The third-order valence-corrected chi connectivity index (χ3v) is 1.59. The second kappa shape index (κ2) is 7.49. The van der Waals surface area contributed by atoms with Crippen molar-refractivity contribution in [3.05, 3.63) is 12.7 Å². The molecular formula is C9H17NO4. The van der Waals surface area contributed by atoms with Crippen LogP contribution in [0.3, 0.4) is 0 Å². The van der Waals surface area contributed by atoms with Gasteiger partial charge >= 0.3 is 5.97 Å². The molecule has 2 N–H and O–H groups in total. The first kappa shape index (κ1) is 13.1. The average Bonchev–Trinajstić information content (AvgIpc) is 2.14. The van der Waals surface area contributed by atoms with Gasteiger partial charge in [0.05, 0.1) is 6.61 Å². The minimum Gasteiger partial charge on any atom is -0.460 e. The normalized spacial score (nSPS) is 12.6. The number of esters is 1. The number of hydrogen-bond acceptors (Lipinski definition) is 5. The zero-order valence-electron chi connectivity index (χ0n) is 8.35. The number of rotatable bonds is 7. The summed E-state index contributed by atoms with van der Waals surface area (Å²) in [5, 5.41) is 17.9. The van der Waals surface area contributed by atoms with Gasteiger partial charge in [-0.2, -0.15) is 0 Å². The first-order valence-electron chi connectivity index (χ1n) is 4.36. The molecule has 0 aromatic heterocycles. The Labute approximate surface area is 83.6 Å². The van der Waals surface area contributed by atoms with Gasteiger partial charge in [-0.05, 0) is 7.05 Å². The molecule has 0 aliphatic heterocycles. The molecule has 1 unspecified atom stereocenters. The molecule has 0 spiro atoms. The van der Waals surface area contributed by atoms with Crippen LogP contribution in [0.2, 0.25) is 0 Å². The van der Waals surface area contributed by atoms with E-state index >= 15 is 0 Å². The van der Waals surface area contributed by atoms with Gasteiger partial charge < -0.3 is 19.8 Å². The average molecular weight is 203 g/mol. The molecule has 82 valence electrons. The molecule has 0 heterocycles. The summed E-state index contributed by atoms with van der Waals surface area (Å²) in [5.41, 5.74) is 0. The summed E-state index contributed by atoms with van der Waals surface area (Å²) in [5.74, 6) is -0.547. The second-order valence-corrected chi connectivity index (χ2v) is 2.97. The molecule has 0 fully saturated rings. The van der Waals surface area contributed by atoms with Crippen LogP contribution in [0.5, 0.6) is 0 Å². The van der Waals surface area contributed by atoms with Crippen LogP contribution >= 0.6 is 0 Å². The number of likely N-dealkylation sites (N-methyl/N-ethyl adjacent to an activating group) is 1. The summed E-state index contributed by atoms with van der Waals surface area (Å²) in [6, 6.07) is 0. The first-order chi connectivity index (χ1) is 6.60. The highest BCUT2D eigenvalue weighted by Crippen LogP contribution is 1.91. The van der Waals surface area contributed by atoms with Crippen LogP contribution in [-0.4, -0.2) is 60.5 Å². The second-order valence-electron chi connectivity index (χ2n) is 2.97. The van der Waals surface area contributed by atoms with Gasteiger partial charge in [0.25, 0.3) is 0 Å².